The molecule has 1 unspecified atom stereocenters. The first-order chi connectivity index (χ1) is 8.35. The van der Waals surface area contributed by atoms with Gasteiger partial charge in [0.05, 0.1) is 0 Å². The van der Waals surface area contributed by atoms with E-state index in [0.29, 0.717) is 5.92 Å². The molecule has 2 nitrogen and oxygen atoms in total. The third-order valence-corrected chi connectivity index (χ3v) is 3.93. The average Bonchev–Trinajstić information content (AvgIpc) is 3.19. The Labute approximate surface area is 105 Å². The molecule has 1 aliphatic carbocycles. The van der Waals surface area contributed by atoms with Gasteiger partial charge in [-0.2, -0.15) is 0 Å². The maximum Gasteiger partial charge on any atom is 0.0303 e. The third kappa shape index (κ3) is 3.53. The van der Waals surface area contributed by atoms with E-state index in [-0.39, 0.29) is 0 Å². The molecule has 0 bridgehead atoms. The Morgan fingerprint density at radius 3 is 2.65 bits per heavy atom. The van der Waals surface area contributed by atoms with Gasteiger partial charge < -0.3 is 5.32 Å². The van der Waals surface area contributed by atoms with Crippen LogP contribution in [0.3, 0.4) is 0 Å². The maximum absolute atomic E-state index is 4.27. The van der Waals surface area contributed by atoms with Gasteiger partial charge in [0.15, 0.2) is 0 Å². The molecule has 0 amide bonds. The van der Waals surface area contributed by atoms with Crippen molar-refractivity contribution in [3.8, 4) is 0 Å². The molecule has 0 saturated heterocycles. The van der Waals surface area contributed by atoms with Crippen molar-refractivity contribution in [3.63, 3.8) is 0 Å². The summed E-state index contributed by atoms with van der Waals surface area (Å²) in [6.45, 7) is 5.71. The van der Waals surface area contributed by atoms with E-state index in [4.69, 9.17) is 0 Å². The van der Waals surface area contributed by atoms with Gasteiger partial charge >= 0.3 is 0 Å². The maximum atomic E-state index is 4.27. The number of nitrogens with one attached hydrogen (secondary N) is 1. The second-order valence-electron chi connectivity index (χ2n) is 5.15. The normalized spacial score (nSPS) is 17.4. The van der Waals surface area contributed by atoms with E-state index in [1.165, 1.54) is 31.2 Å². The summed E-state index contributed by atoms with van der Waals surface area (Å²) in [6, 6.07) is 5.08. The van der Waals surface area contributed by atoms with E-state index in [2.05, 4.69) is 36.3 Å². The molecule has 2 rings (SSSR count). The lowest BCUT2D eigenvalue weighted by atomic mass is 9.83. The molecule has 0 aromatic carbocycles. The fourth-order valence-electron chi connectivity index (χ4n) is 2.59. The monoisotopic (exact) mass is 232 g/mol. The zero-order valence-corrected chi connectivity index (χ0v) is 11.0. The van der Waals surface area contributed by atoms with Crippen LogP contribution in [-0.4, -0.2) is 17.6 Å². The molecule has 1 heterocycles. The summed E-state index contributed by atoms with van der Waals surface area (Å²) in [4.78, 5) is 4.27. The van der Waals surface area contributed by atoms with Gasteiger partial charge in [0.2, 0.25) is 0 Å². The van der Waals surface area contributed by atoms with Gasteiger partial charge in [-0.15, -0.1) is 0 Å². The van der Waals surface area contributed by atoms with E-state index in [0.717, 1.165) is 18.5 Å². The van der Waals surface area contributed by atoms with Crippen molar-refractivity contribution in [2.24, 2.45) is 5.92 Å². The quantitative estimate of drug-likeness (QED) is 0.780. The number of hydrogen-bond donors (Lipinski definition) is 1. The molecule has 1 aromatic heterocycles. The molecule has 94 valence electrons. The highest BCUT2D eigenvalue weighted by Crippen LogP contribution is 2.30. The van der Waals surface area contributed by atoms with E-state index in [1.54, 1.807) is 0 Å². The van der Waals surface area contributed by atoms with Gasteiger partial charge in [-0.3, -0.25) is 4.98 Å². The van der Waals surface area contributed by atoms with Gasteiger partial charge in [-0.05, 0) is 30.4 Å². The van der Waals surface area contributed by atoms with Crippen LogP contribution in [0.25, 0.3) is 0 Å². The molecule has 0 aliphatic heterocycles. The van der Waals surface area contributed by atoms with Gasteiger partial charge in [0.25, 0.3) is 0 Å². The lowest BCUT2D eigenvalue weighted by molar-refractivity contribution is 0.378. The average molecular weight is 232 g/mol. The number of rotatable bonds is 7. The molecule has 1 saturated carbocycles. The molecular weight excluding hydrogens is 208 g/mol. The summed E-state index contributed by atoms with van der Waals surface area (Å²) in [5, 5.41) is 3.68. The first kappa shape index (κ1) is 12.6. The summed E-state index contributed by atoms with van der Waals surface area (Å²) in [5.41, 5.74) is 1.40. The zero-order chi connectivity index (χ0) is 12.1. The molecule has 1 aliphatic rings. The Bertz CT molecular complexity index is 315. The highest BCUT2D eigenvalue weighted by atomic mass is 14.9. The number of aromatic nitrogens is 1. The largest absolute Gasteiger partial charge is 0.313 e. The Morgan fingerprint density at radius 1 is 1.35 bits per heavy atom. The zero-order valence-electron chi connectivity index (χ0n) is 11.0. The standard InChI is InChI=1S/C15H24N2/c1-3-12(4-2)15(11-17-14-7-8-14)13-6-5-9-16-10-13/h5-6,9-10,12,14-15,17H,3-4,7-8,11H2,1-2H3. The fourth-order valence-corrected chi connectivity index (χ4v) is 2.59. The van der Waals surface area contributed by atoms with E-state index >= 15 is 0 Å². The van der Waals surface area contributed by atoms with Crippen LogP contribution >= 0.6 is 0 Å². The predicted molar refractivity (Wildman–Crippen MR) is 72.1 cm³/mol. The van der Waals surface area contributed by atoms with Gasteiger partial charge in [0, 0.05) is 30.9 Å². The highest BCUT2D eigenvalue weighted by molar-refractivity contribution is 5.16. The molecule has 0 radical (unpaired) electrons. The van der Waals surface area contributed by atoms with Crippen LogP contribution in [-0.2, 0) is 0 Å². The molecule has 2 heteroatoms. The molecule has 1 atom stereocenters. The van der Waals surface area contributed by atoms with Crippen LogP contribution in [0.15, 0.2) is 24.5 Å². The van der Waals surface area contributed by atoms with Gasteiger partial charge in [-0.25, -0.2) is 0 Å². The van der Waals surface area contributed by atoms with E-state index in [9.17, 15) is 0 Å². The fraction of sp³-hybridized carbons (Fsp3) is 0.667. The lowest BCUT2D eigenvalue weighted by Crippen LogP contribution is -2.28. The lowest BCUT2D eigenvalue weighted by Gasteiger charge is -2.26. The summed E-state index contributed by atoms with van der Waals surface area (Å²) in [5.74, 6) is 1.39. The smallest absolute Gasteiger partial charge is 0.0303 e. The van der Waals surface area contributed by atoms with E-state index < -0.39 is 0 Å². The van der Waals surface area contributed by atoms with Crippen LogP contribution in [0.2, 0.25) is 0 Å². The molecule has 17 heavy (non-hydrogen) atoms. The topological polar surface area (TPSA) is 24.9 Å². The molecule has 1 aromatic rings. The Kier molecular flexibility index (Phi) is 4.55. The second kappa shape index (κ2) is 6.15. The minimum absolute atomic E-state index is 0.624. The summed E-state index contributed by atoms with van der Waals surface area (Å²) in [6.07, 6.45) is 9.13. The van der Waals surface area contributed by atoms with Gasteiger partial charge in [-0.1, -0.05) is 32.8 Å². The van der Waals surface area contributed by atoms with Crippen LogP contribution < -0.4 is 5.32 Å². The Hall–Kier alpha value is -0.890. The number of hydrogen-bond acceptors (Lipinski definition) is 2. The van der Waals surface area contributed by atoms with Crippen molar-refractivity contribution in [2.45, 2.75) is 51.5 Å². The SMILES string of the molecule is CCC(CC)C(CNC1CC1)c1cccnc1. The first-order valence-electron chi connectivity index (χ1n) is 6.98. The molecule has 1 N–H and O–H groups in total. The first-order valence-corrected chi connectivity index (χ1v) is 6.98. The Balaban J connectivity index is 2.04. The minimum Gasteiger partial charge on any atom is -0.313 e. The summed E-state index contributed by atoms with van der Waals surface area (Å²) < 4.78 is 0. The van der Waals surface area contributed by atoms with E-state index in [1.807, 2.05) is 12.4 Å². The van der Waals surface area contributed by atoms with Crippen LogP contribution in [0, 0.1) is 5.92 Å². The van der Waals surface area contributed by atoms with Crippen molar-refractivity contribution in [1.82, 2.24) is 10.3 Å². The minimum atomic E-state index is 0.624. The number of nitrogens with zero attached hydrogens (tertiary/aromatic N) is 1. The summed E-state index contributed by atoms with van der Waals surface area (Å²) in [7, 11) is 0. The highest BCUT2D eigenvalue weighted by Gasteiger charge is 2.25. The number of pyridine rings is 1. The van der Waals surface area contributed by atoms with Gasteiger partial charge in [0.1, 0.15) is 0 Å². The third-order valence-electron chi connectivity index (χ3n) is 3.93. The van der Waals surface area contributed by atoms with Crippen LogP contribution in [0.4, 0.5) is 0 Å². The van der Waals surface area contributed by atoms with Crippen molar-refractivity contribution in [3.05, 3.63) is 30.1 Å². The molecule has 1 fully saturated rings. The Morgan fingerprint density at radius 2 is 2.12 bits per heavy atom. The van der Waals surface area contributed by atoms with Crippen molar-refractivity contribution < 1.29 is 0 Å². The van der Waals surface area contributed by atoms with Crippen molar-refractivity contribution >= 4 is 0 Å². The molecular formula is C15H24N2. The second-order valence-corrected chi connectivity index (χ2v) is 5.15. The predicted octanol–water partition coefficient (Wildman–Crippen LogP) is 3.35. The summed E-state index contributed by atoms with van der Waals surface area (Å²) >= 11 is 0. The van der Waals surface area contributed by atoms with Crippen LogP contribution in [0.1, 0.15) is 51.0 Å². The molecule has 0 spiro atoms. The van der Waals surface area contributed by atoms with Crippen molar-refractivity contribution in [2.75, 3.05) is 6.54 Å². The van der Waals surface area contributed by atoms with Crippen LogP contribution in [0.5, 0.6) is 0 Å². The van der Waals surface area contributed by atoms with Crippen molar-refractivity contribution in [1.29, 1.82) is 0 Å².